The first-order chi connectivity index (χ1) is 11.2. The van der Waals surface area contributed by atoms with Crippen molar-refractivity contribution in [2.45, 2.75) is 6.04 Å². The van der Waals surface area contributed by atoms with Gasteiger partial charge in [0.25, 0.3) is 5.91 Å². The number of amides is 2. The summed E-state index contributed by atoms with van der Waals surface area (Å²) in [6.07, 6.45) is 2.84. The number of cyclic esters (lactones) is 1. The van der Waals surface area contributed by atoms with Gasteiger partial charge < -0.3 is 9.64 Å². The summed E-state index contributed by atoms with van der Waals surface area (Å²) in [6, 6.07) is 7.30. The molecule has 1 aromatic heterocycles. The Hall–Kier alpha value is -2.90. The zero-order chi connectivity index (χ0) is 15.8. The minimum atomic E-state index is -0.285. The Morgan fingerprint density at radius 2 is 1.96 bits per heavy atom. The van der Waals surface area contributed by atoms with Gasteiger partial charge in [-0.2, -0.15) is 0 Å². The Kier molecular flexibility index (Phi) is 3.22. The summed E-state index contributed by atoms with van der Waals surface area (Å²) in [5.74, 6) is -0.0618. The molecule has 1 aromatic carbocycles. The van der Waals surface area contributed by atoms with E-state index in [0.29, 0.717) is 31.8 Å². The van der Waals surface area contributed by atoms with Crippen LogP contribution in [0, 0.1) is 0 Å². The molecule has 0 saturated carbocycles. The number of hydrogen-bond acceptors (Lipinski definition) is 5. The second-order valence-electron chi connectivity index (χ2n) is 5.56. The highest BCUT2D eigenvalue weighted by molar-refractivity contribution is 5.98. The molecule has 3 heterocycles. The molecular weight excluding hydrogens is 298 g/mol. The molecule has 0 N–H and O–H groups in total. The van der Waals surface area contributed by atoms with E-state index in [4.69, 9.17) is 4.74 Å². The van der Waals surface area contributed by atoms with Crippen LogP contribution in [-0.2, 0) is 4.74 Å². The minimum absolute atomic E-state index is 0.0535. The minimum Gasteiger partial charge on any atom is -0.447 e. The number of piperazine rings is 1. The number of hydrogen-bond donors (Lipinski definition) is 0. The van der Waals surface area contributed by atoms with Crippen LogP contribution in [0.25, 0.3) is 5.69 Å². The molecule has 118 valence electrons. The maximum atomic E-state index is 12.9. The largest absolute Gasteiger partial charge is 0.447 e. The Balaban J connectivity index is 1.60. The van der Waals surface area contributed by atoms with E-state index in [1.165, 1.54) is 0 Å². The fourth-order valence-electron chi connectivity index (χ4n) is 3.05. The fraction of sp³-hybridized carbons (Fsp3) is 0.333. The molecule has 8 nitrogen and oxygen atoms in total. The first kappa shape index (κ1) is 13.7. The number of carbonyl (C=O) groups excluding carboxylic acids is 2. The Morgan fingerprint density at radius 3 is 2.78 bits per heavy atom. The molecule has 0 radical (unpaired) electrons. The van der Waals surface area contributed by atoms with Gasteiger partial charge in [-0.3, -0.25) is 14.3 Å². The van der Waals surface area contributed by atoms with Crippen LogP contribution in [0.15, 0.2) is 36.9 Å². The third-order valence-electron chi connectivity index (χ3n) is 4.24. The Bertz CT molecular complexity index is 745. The molecule has 0 aliphatic carbocycles. The highest BCUT2D eigenvalue weighted by Crippen LogP contribution is 2.21. The highest BCUT2D eigenvalue weighted by Gasteiger charge is 2.39. The quantitative estimate of drug-likeness (QED) is 0.808. The zero-order valence-electron chi connectivity index (χ0n) is 12.3. The molecule has 4 rings (SSSR count). The summed E-state index contributed by atoms with van der Waals surface area (Å²) in [5, 5.41) is 7.58. The van der Waals surface area contributed by atoms with E-state index in [2.05, 4.69) is 10.2 Å². The summed E-state index contributed by atoms with van der Waals surface area (Å²) in [4.78, 5) is 27.9. The van der Waals surface area contributed by atoms with E-state index in [1.54, 1.807) is 33.1 Å². The average Bonchev–Trinajstić information content (AvgIpc) is 3.24. The van der Waals surface area contributed by atoms with Crippen molar-refractivity contribution in [3.8, 4) is 5.69 Å². The van der Waals surface area contributed by atoms with Crippen LogP contribution in [0.4, 0.5) is 4.79 Å². The van der Waals surface area contributed by atoms with Crippen LogP contribution in [0.5, 0.6) is 0 Å². The monoisotopic (exact) mass is 313 g/mol. The molecule has 1 atom stereocenters. The Labute approximate surface area is 132 Å². The van der Waals surface area contributed by atoms with Gasteiger partial charge in [0, 0.05) is 19.6 Å². The molecule has 0 bridgehead atoms. The van der Waals surface area contributed by atoms with Gasteiger partial charge in [-0.15, -0.1) is 10.2 Å². The van der Waals surface area contributed by atoms with Gasteiger partial charge in [-0.25, -0.2) is 4.79 Å². The first-order valence-corrected chi connectivity index (χ1v) is 7.41. The summed E-state index contributed by atoms with van der Waals surface area (Å²) in [5.41, 5.74) is 1.33. The van der Waals surface area contributed by atoms with Gasteiger partial charge >= 0.3 is 6.09 Å². The maximum Gasteiger partial charge on any atom is 0.410 e. The number of nitrogens with zero attached hydrogens (tertiary/aromatic N) is 5. The van der Waals surface area contributed by atoms with Crippen LogP contribution in [0.2, 0.25) is 0 Å². The molecule has 0 spiro atoms. The van der Waals surface area contributed by atoms with Crippen molar-refractivity contribution in [3.63, 3.8) is 0 Å². The lowest BCUT2D eigenvalue weighted by molar-refractivity contribution is 0.0617. The van der Waals surface area contributed by atoms with Gasteiger partial charge in [-0.05, 0) is 12.1 Å². The van der Waals surface area contributed by atoms with Crippen molar-refractivity contribution in [2.75, 3.05) is 26.2 Å². The van der Waals surface area contributed by atoms with E-state index in [0.717, 1.165) is 5.69 Å². The number of fused-ring (bicyclic) bond motifs is 1. The second-order valence-corrected chi connectivity index (χ2v) is 5.56. The SMILES string of the molecule is O=C(c1ccccc1-n1cnnc1)N1CCN2C(=O)OC[C@@H]2C1. The molecule has 23 heavy (non-hydrogen) atoms. The topological polar surface area (TPSA) is 80.6 Å². The van der Waals surface area contributed by atoms with Crippen molar-refractivity contribution < 1.29 is 14.3 Å². The number of benzene rings is 1. The van der Waals surface area contributed by atoms with Gasteiger partial charge in [0.05, 0.1) is 17.3 Å². The average molecular weight is 313 g/mol. The lowest BCUT2D eigenvalue weighted by Crippen LogP contribution is -2.53. The molecule has 8 heteroatoms. The van der Waals surface area contributed by atoms with Crippen molar-refractivity contribution in [1.29, 1.82) is 0 Å². The normalized spacial score (nSPS) is 20.3. The maximum absolute atomic E-state index is 12.9. The van der Waals surface area contributed by atoms with E-state index in [9.17, 15) is 9.59 Å². The molecule has 2 aliphatic heterocycles. The van der Waals surface area contributed by atoms with Gasteiger partial charge in [0.1, 0.15) is 19.3 Å². The van der Waals surface area contributed by atoms with Crippen LogP contribution >= 0.6 is 0 Å². The van der Waals surface area contributed by atoms with Crippen molar-refractivity contribution in [2.24, 2.45) is 0 Å². The standard InChI is InChI=1S/C15H15N5O3/c21-14(18-5-6-20-11(7-18)8-23-15(20)22)12-3-1-2-4-13(12)19-9-16-17-10-19/h1-4,9-11H,5-8H2/t11-/m0/s1. The van der Waals surface area contributed by atoms with Crippen LogP contribution < -0.4 is 0 Å². The number of ether oxygens (including phenoxy) is 1. The molecule has 2 saturated heterocycles. The van der Waals surface area contributed by atoms with Crippen molar-refractivity contribution in [1.82, 2.24) is 24.6 Å². The summed E-state index contributed by atoms with van der Waals surface area (Å²) in [6.45, 7) is 1.84. The lowest BCUT2D eigenvalue weighted by Gasteiger charge is -2.35. The molecular formula is C15H15N5O3. The van der Waals surface area contributed by atoms with Gasteiger partial charge in [-0.1, -0.05) is 12.1 Å². The van der Waals surface area contributed by atoms with E-state index >= 15 is 0 Å². The third kappa shape index (κ3) is 2.32. The third-order valence-corrected chi connectivity index (χ3v) is 4.24. The van der Waals surface area contributed by atoms with E-state index in [-0.39, 0.29) is 18.0 Å². The fourth-order valence-corrected chi connectivity index (χ4v) is 3.05. The van der Waals surface area contributed by atoms with Crippen LogP contribution in [0.1, 0.15) is 10.4 Å². The predicted molar refractivity (Wildman–Crippen MR) is 79.1 cm³/mol. The summed E-state index contributed by atoms with van der Waals surface area (Å²) < 4.78 is 6.76. The van der Waals surface area contributed by atoms with Crippen LogP contribution in [-0.4, -0.2) is 68.8 Å². The molecule has 0 unspecified atom stereocenters. The molecule has 2 amide bonds. The van der Waals surface area contributed by atoms with Gasteiger partial charge in [0.15, 0.2) is 0 Å². The Morgan fingerprint density at radius 1 is 1.17 bits per heavy atom. The lowest BCUT2D eigenvalue weighted by atomic mass is 10.1. The summed E-state index contributed by atoms with van der Waals surface area (Å²) in [7, 11) is 0. The van der Waals surface area contributed by atoms with Crippen molar-refractivity contribution >= 4 is 12.0 Å². The number of para-hydroxylation sites is 1. The van der Waals surface area contributed by atoms with Crippen molar-refractivity contribution in [3.05, 3.63) is 42.5 Å². The smallest absolute Gasteiger partial charge is 0.410 e. The molecule has 2 fully saturated rings. The predicted octanol–water partition coefficient (Wildman–Crippen LogP) is 0.544. The number of aromatic nitrogens is 3. The zero-order valence-corrected chi connectivity index (χ0v) is 12.3. The van der Waals surface area contributed by atoms with Crippen LogP contribution in [0.3, 0.4) is 0 Å². The molecule has 2 aromatic rings. The molecule has 2 aliphatic rings. The second kappa shape index (κ2) is 5.38. The highest BCUT2D eigenvalue weighted by atomic mass is 16.6. The van der Waals surface area contributed by atoms with Gasteiger partial charge in [0.2, 0.25) is 0 Å². The van der Waals surface area contributed by atoms with E-state index < -0.39 is 0 Å². The van der Waals surface area contributed by atoms with E-state index in [1.807, 2.05) is 18.2 Å². The summed E-state index contributed by atoms with van der Waals surface area (Å²) >= 11 is 0. The first-order valence-electron chi connectivity index (χ1n) is 7.41. The number of rotatable bonds is 2. The number of carbonyl (C=O) groups is 2.